The zero-order valence-corrected chi connectivity index (χ0v) is 16.0. The number of hydrogen-bond donors (Lipinski definition) is 1. The molecule has 2 aromatic heterocycles. The topological polar surface area (TPSA) is 64.0 Å². The Bertz CT molecular complexity index is 974. The first-order valence-corrected chi connectivity index (χ1v) is 9.77. The van der Waals surface area contributed by atoms with E-state index in [0.29, 0.717) is 17.0 Å². The third kappa shape index (κ3) is 3.93. The van der Waals surface area contributed by atoms with Crippen molar-refractivity contribution in [3.05, 3.63) is 52.1 Å². The van der Waals surface area contributed by atoms with Gasteiger partial charge in [-0.15, -0.1) is 23.1 Å². The highest BCUT2D eigenvalue weighted by atomic mass is 32.2. The van der Waals surface area contributed by atoms with E-state index in [0.717, 1.165) is 21.1 Å². The van der Waals surface area contributed by atoms with Crippen molar-refractivity contribution < 1.29 is 4.79 Å². The number of anilines is 1. The van der Waals surface area contributed by atoms with Gasteiger partial charge >= 0.3 is 0 Å². The first-order chi connectivity index (χ1) is 12.0. The predicted molar refractivity (Wildman–Crippen MR) is 105 cm³/mol. The average molecular weight is 374 g/mol. The van der Waals surface area contributed by atoms with Crippen LogP contribution in [0.5, 0.6) is 0 Å². The monoisotopic (exact) mass is 373 g/mol. The summed E-state index contributed by atoms with van der Waals surface area (Å²) in [5.74, 6) is 0.912. The molecule has 5 nitrogen and oxygen atoms in total. The van der Waals surface area contributed by atoms with Crippen molar-refractivity contribution in [3.8, 4) is 0 Å². The minimum Gasteiger partial charge on any atom is -0.325 e. The van der Waals surface area contributed by atoms with Crippen LogP contribution >= 0.6 is 23.1 Å². The van der Waals surface area contributed by atoms with Crippen LogP contribution in [0, 0.1) is 6.92 Å². The van der Waals surface area contributed by atoms with E-state index in [1.54, 1.807) is 7.05 Å². The fourth-order valence-corrected chi connectivity index (χ4v) is 4.37. The number of thiophene rings is 1. The Morgan fingerprint density at radius 1 is 1.32 bits per heavy atom. The number of carbonyl (C=O) groups excluding carboxylic acids is 1. The molecule has 0 atom stereocenters. The molecule has 0 spiro atoms. The quantitative estimate of drug-likeness (QED) is 0.694. The van der Waals surface area contributed by atoms with E-state index in [2.05, 4.69) is 17.2 Å². The van der Waals surface area contributed by atoms with Gasteiger partial charge in [0, 0.05) is 12.7 Å². The first kappa shape index (κ1) is 17.7. The Morgan fingerprint density at radius 2 is 2.04 bits per heavy atom. The molecule has 0 saturated heterocycles. The molecule has 3 rings (SSSR count). The van der Waals surface area contributed by atoms with Crippen molar-refractivity contribution in [1.29, 1.82) is 0 Å². The average Bonchev–Trinajstić information content (AvgIpc) is 3.02. The lowest BCUT2D eigenvalue weighted by Gasteiger charge is -2.05. The van der Waals surface area contributed by atoms with E-state index < -0.39 is 0 Å². The summed E-state index contributed by atoms with van der Waals surface area (Å²) < 4.78 is 2.46. The molecule has 0 fully saturated rings. The maximum Gasteiger partial charge on any atom is 0.262 e. The van der Waals surface area contributed by atoms with Crippen LogP contribution in [0.15, 0.2) is 39.3 Å². The van der Waals surface area contributed by atoms with Crippen LogP contribution in [0.25, 0.3) is 10.2 Å². The van der Waals surface area contributed by atoms with E-state index in [1.165, 1.54) is 33.2 Å². The number of amides is 1. The first-order valence-electron chi connectivity index (χ1n) is 7.96. The summed E-state index contributed by atoms with van der Waals surface area (Å²) in [6.45, 7) is 3.91. The van der Waals surface area contributed by atoms with Crippen molar-refractivity contribution >= 4 is 44.9 Å². The lowest BCUT2D eigenvalue weighted by molar-refractivity contribution is -0.113. The summed E-state index contributed by atoms with van der Waals surface area (Å²) in [5.41, 5.74) is 1.98. The third-order valence-corrected chi connectivity index (χ3v) is 6.20. The lowest BCUT2D eigenvalue weighted by Crippen LogP contribution is -2.19. The zero-order valence-electron chi connectivity index (χ0n) is 14.3. The van der Waals surface area contributed by atoms with Crippen LogP contribution in [-0.4, -0.2) is 21.2 Å². The van der Waals surface area contributed by atoms with Gasteiger partial charge in [-0.05, 0) is 37.1 Å². The molecule has 0 radical (unpaired) electrons. The minimum absolute atomic E-state index is 0.0499. The summed E-state index contributed by atoms with van der Waals surface area (Å²) in [5, 5.41) is 3.50. The number of nitrogens with one attached hydrogen (secondary N) is 1. The Morgan fingerprint density at radius 3 is 2.72 bits per heavy atom. The second-order valence-electron chi connectivity index (χ2n) is 5.69. The Labute approximate surface area is 154 Å². The molecule has 25 heavy (non-hydrogen) atoms. The van der Waals surface area contributed by atoms with Gasteiger partial charge in [0.15, 0.2) is 0 Å². The summed E-state index contributed by atoms with van der Waals surface area (Å²) in [6, 6.07) is 9.67. The maximum absolute atomic E-state index is 12.2. The lowest BCUT2D eigenvalue weighted by atomic mass is 10.1. The van der Waals surface area contributed by atoms with Crippen LogP contribution in [0.4, 0.5) is 5.69 Å². The highest BCUT2D eigenvalue weighted by molar-refractivity contribution is 8.01. The summed E-state index contributed by atoms with van der Waals surface area (Å²) >= 11 is 2.87. The van der Waals surface area contributed by atoms with E-state index in [9.17, 15) is 9.59 Å². The number of nitrogens with zero attached hydrogens (tertiary/aromatic N) is 2. The standard InChI is InChI=1S/C18H19N3O2S2/c1-4-12-5-7-13(8-6-12)20-15(22)10-24-16-9-14-17(25-16)19-11(2)21(3)18(14)23/h5-9H,4,10H2,1-3H3,(H,20,22). The molecular weight excluding hydrogens is 354 g/mol. The van der Waals surface area contributed by atoms with Crippen molar-refractivity contribution in [2.75, 3.05) is 11.1 Å². The number of aromatic nitrogens is 2. The number of hydrogen-bond acceptors (Lipinski definition) is 5. The molecule has 3 aromatic rings. The van der Waals surface area contributed by atoms with Crippen LogP contribution in [0.3, 0.4) is 0 Å². The Hall–Kier alpha value is -2.12. The fourth-order valence-electron chi connectivity index (χ4n) is 2.37. The third-order valence-electron chi connectivity index (χ3n) is 3.97. The molecule has 0 aliphatic heterocycles. The van der Waals surface area contributed by atoms with Gasteiger partial charge in [0.25, 0.3) is 5.56 Å². The molecule has 0 aliphatic rings. The van der Waals surface area contributed by atoms with E-state index >= 15 is 0 Å². The summed E-state index contributed by atoms with van der Waals surface area (Å²) in [7, 11) is 1.71. The molecule has 130 valence electrons. The SMILES string of the molecule is CCc1ccc(NC(=O)CSc2cc3c(=O)n(C)c(C)nc3s2)cc1. The summed E-state index contributed by atoms with van der Waals surface area (Å²) in [6.07, 6.45) is 0.975. The second kappa shape index (κ2) is 7.41. The fraction of sp³-hybridized carbons (Fsp3) is 0.278. The van der Waals surface area contributed by atoms with E-state index in [-0.39, 0.29) is 11.5 Å². The molecule has 1 amide bonds. The number of carbonyl (C=O) groups is 1. The zero-order chi connectivity index (χ0) is 18.0. The maximum atomic E-state index is 12.2. The normalized spacial score (nSPS) is 11.0. The van der Waals surface area contributed by atoms with Crippen molar-refractivity contribution in [1.82, 2.24) is 9.55 Å². The van der Waals surface area contributed by atoms with Crippen molar-refractivity contribution in [2.24, 2.45) is 7.05 Å². The van der Waals surface area contributed by atoms with Gasteiger partial charge in [-0.3, -0.25) is 14.2 Å². The van der Waals surface area contributed by atoms with Crippen LogP contribution in [-0.2, 0) is 18.3 Å². The van der Waals surface area contributed by atoms with Gasteiger partial charge in [-0.1, -0.05) is 19.1 Å². The largest absolute Gasteiger partial charge is 0.325 e. The molecule has 0 bridgehead atoms. The molecule has 7 heteroatoms. The van der Waals surface area contributed by atoms with Crippen LogP contribution < -0.4 is 10.9 Å². The number of thioether (sulfide) groups is 1. The number of rotatable bonds is 5. The van der Waals surface area contributed by atoms with Gasteiger partial charge in [-0.2, -0.15) is 0 Å². The van der Waals surface area contributed by atoms with Gasteiger partial charge in [0.1, 0.15) is 10.7 Å². The molecular formula is C18H19N3O2S2. The molecule has 0 unspecified atom stereocenters. The highest BCUT2D eigenvalue weighted by Gasteiger charge is 2.12. The molecule has 2 heterocycles. The van der Waals surface area contributed by atoms with Gasteiger partial charge in [-0.25, -0.2) is 4.98 Å². The summed E-state index contributed by atoms with van der Waals surface area (Å²) in [4.78, 5) is 29.5. The van der Waals surface area contributed by atoms with Gasteiger partial charge in [0.05, 0.1) is 15.3 Å². The number of benzene rings is 1. The molecule has 1 aromatic carbocycles. The van der Waals surface area contributed by atoms with Crippen LogP contribution in [0.1, 0.15) is 18.3 Å². The van der Waals surface area contributed by atoms with Gasteiger partial charge < -0.3 is 5.32 Å². The van der Waals surface area contributed by atoms with Crippen molar-refractivity contribution in [3.63, 3.8) is 0 Å². The molecule has 1 N–H and O–H groups in total. The Kier molecular flexibility index (Phi) is 5.24. The molecule has 0 aliphatic carbocycles. The molecule has 0 saturated carbocycles. The number of aryl methyl sites for hydroxylation is 2. The van der Waals surface area contributed by atoms with E-state index in [4.69, 9.17) is 0 Å². The second-order valence-corrected chi connectivity index (χ2v) is 8.00. The van der Waals surface area contributed by atoms with E-state index in [1.807, 2.05) is 37.3 Å². The number of fused-ring (bicyclic) bond motifs is 1. The Balaban J connectivity index is 1.66. The predicted octanol–water partition coefficient (Wildman–Crippen LogP) is 3.60. The van der Waals surface area contributed by atoms with Crippen molar-refractivity contribution in [2.45, 2.75) is 24.5 Å². The minimum atomic E-state index is -0.0660. The smallest absolute Gasteiger partial charge is 0.262 e. The van der Waals surface area contributed by atoms with Crippen LogP contribution in [0.2, 0.25) is 0 Å². The van der Waals surface area contributed by atoms with Gasteiger partial charge in [0.2, 0.25) is 5.91 Å². The highest BCUT2D eigenvalue weighted by Crippen LogP contribution is 2.30.